The Bertz CT molecular complexity index is 418. The van der Waals surface area contributed by atoms with Crippen LogP contribution in [0, 0.1) is 0 Å². The van der Waals surface area contributed by atoms with Crippen LogP contribution in [0.2, 0.25) is 0 Å². The molecular weight excluding hydrogens is 254 g/mol. The fourth-order valence-corrected chi connectivity index (χ4v) is 2.60. The lowest BCUT2D eigenvalue weighted by Crippen LogP contribution is -2.59. The third-order valence-electron chi connectivity index (χ3n) is 4.31. The fourth-order valence-electron chi connectivity index (χ4n) is 2.60. The number of carbonyl (C=O) groups excluding carboxylic acids is 1. The first kappa shape index (κ1) is 15.1. The van der Waals surface area contributed by atoms with E-state index in [2.05, 4.69) is 4.90 Å². The Labute approximate surface area is 120 Å². The Morgan fingerprint density at radius 1 is 1.30 bits per heavy atom. The maximum Gasteiger partial charge on any atom is 0.242 e. The first-order valence-corrected chi connectivity index (χ1v) is 7.42. The monoisotopic (exact) mass is 279 g/mol. The second-order valence-electron chi connectivity index (χ2n) is 5.51. The summed E-state index contributed by atoms with van der Waals surface area (Å²) in [5.41, 5.74) is 5.50. The first-order chi connectivity index (χ1) is 9.59. The fraction of sp³-hybridized carbons (Fsp3) is 0.667. The summed E-state index contributed by atoms with van der Waals surface area (Å²) in [5.74, 6) is 1.07. The van der Waals surface area contributed by atoms with Gasteiger partial charge in [-0.3, -0.25) is 9.69 Å². The van der Waals surface area contributed by atoms with Gasteiger partial charge in [0.25, 0.3) is 0 Å². The molecule has 0 atom stereocenters. The molecule has 1 aliphatic heterocycles. The van der Waals surface area contributed by atoms with E-state index in [0.29, 0.717) is 12.8 Å². The number of carbonyl (C=O) groups is 1. The van der Waals surface area contributed by atoms with Crippen LogP contribution in [-0.2, 0) is 11.3 Å². The summed E-state index contributed by atoms with van der Waals surface area (Å²) in [6, 6.07) is 3.89. The Morgan fingerprint density at radius 3 is 2.45 bits per heavy atom. The third-order valence-corrected chi connectivity index (χ3v) is 4.31. The Morgan fingerprint density at radius 2 is 1.95 bits per heavy atom. The van der Waals surface area contributed by atoms with Gasteiger partial charge in [0.15, 0.2) is 0 Å². The number of hydrogen-bond acceptors (Lipinski definition) is 4. The maximum absolute atomic E-state index is 12.5. The van der Waals surface area contributed by atoms with Gasteiger partial charge in [-0.05, 0) is 25.0 Å². The van der Waals surface area contributed by atoms with Crippen LogP contribution < -0.4 is 5.73 Å². The van der Waals surface area contributed by atoms with Crippen molar-refractivity contribution >= 4 is 5.91 Å². The van der Waals surface area contributed by atoms with E-state index < -0.39 is 5.54 Å². The van der Waals surface area contributed by atoms with Gasteiger partial charge in [-0.1, -0.05) is 13.8 Å². The van der Waals surface area contributed by atoms with Crippen LogP contribution in [0.5, 0.6) is 0 Å². The van der Waals surface area contributed by atoms with E-state index in [-0.39, 0.29) is 5.91 Å². The molecule has 1 fully saturated rings. The minimum Gasteiger partial charge on any atom is -0.468 e. The van der Waals surface area contributed by atoms with Crippen molar-refractivity contribution in [2.45, 2.75) is 38.8 Å². The van der Waals surface area contributed by atoms with Gasteiger partial charge in [-0.2, -0.15) is 0 Å². The highest BCUT2D eigenvalue weighted by atomic mass is 16.3. The van der Waals surface area contributed by atoms with E-state index in [1.54, 1.807) is 6.26 Å². The molecule has 5 heteroatoms. The summed E-state index contributed by atoms with van der Waals surface area (Å²) in [6.45, 7) is 8.01. The Balaban J connectivity index is 1.86. The van der Waals surface area contributed by atoms with Gasteiger partial charge in [-0.15, -0.1) is 0 Å². The molecule has 0 aliphatic carbocycles. The molecule has 5 nitrogen and oxygen atoms in total. The zero-order valence-corrected chi connectivity index (χ0v) is 12.5. The van der Waals surface area contributed by atoms with Gasteiger partial charge in [-0.25, -0.2) is 0 Å². The lowest BCUT2D eigenvalue weighted by Gasteiger charge is -2.38. The molecule has 2 N–H and O–H groups in total. The van der Waals surface area contributed by atoms with Gasteiger partial charge in [0.05, 0.1) is 18.3 Å². The highest BCUT2D eigenvalue weighted by Gasteiger charge is 2.35. The molecule has 112 valence electrons. The van der Waals surface area contributed by atoms with Crippen molar-refractivity contribution in [1.29, 1.82) is 0 Å². The molecule has 0 bridgehead atoms. The Hall–Kier alpha value is -1.33. The van der Waals surface area contributed by atoms with Gasteiger partial charge in [0, 0.05) is 26.2 Å². The molecule has 1 amide bonds. The van der Waals surface area contributed by atoms with Crippen molar-refractivity contribution < 1.29 is 9.21 Å². The summed E-state index contributed by atoms with van der Waals surface area (Å²) < 4.78 is 5.36. The van der Waals surface area contributed by atoms with Gasteiger partial charge in [0.2, 0.25) is 5.91 Å². The first-order valence-electron chi connectivity index (χ1n) is 7.42. The van der Waals surface area contributed by atoms with E-state index in [4.69, 9.17) is 10.2 Å². The number of amides is 1. The van der Waals surface area contributed by atoms with Crippen LogP contribution in [0.1, 0.15) is 32.4 Å². The lowest BCUT2D eigenvalue weighted by atomic mass is 9.92. The summed E-state index contributed by atoms with van der Waals surface area (Å²) >= 11 is 0. The normalized spacial score (nSPS) is 17.4. The average Bonchev–Trinajstić information content (AvgIpc) is 2.99. The van der Waals surface area contributed by atoms with Crippen molar-refractivity contribution in [2.24, 2.45) is 5.73 Å². The molecule has 2 heterocycles. The second kappa shape index (κ2) is 6.41. The average molecular weight is 279 g/mol. The number of furan rings is 1. The molecule has 20 heavy (non-hydrogen) atoms. The van der Waals surface area contributed by atoms with Crippen molar-refractivity contribution in [2.75, 3.05) is 26.2 Å². The van der Waals surface area contributed by atoms with Crippen LogP contribution in [-0.4, -0.2) is 47.4 Å². The summed E-state index contributed by atoms with van der Waals surface area (Å²) in [4.78, 5) is 16.7. The van der Waals surface area contributed by atoms with Crippen molar-refractivity contribution in [3.63, 3.8) is 0 Å². The molecule has 0 aromatic carbocycles. The molecular formula is C15H25N3O2. The van der Waals surface area contributed by atoms with E-state index in [1.807, 2.05) is 30.9 Å². The predicted octanol–water partition coefficient (Wildman–Crippen LogP) is 1.44. The van der Waals surface area contributed by atoms with Crippen LogP contribution in [0.15, 0.2) is 22.8 Å². The lowest BCUT2D eigenvalue weighted by molar-refractivity contribution is -0.139. The third kappa shape index (κ3) is 3.22. The molecule has 2 rings (SSSR count). The maximum atomic E-state index is 12.5. The van der Waals surface area contributed by atoms with Crippen molar-refractivity contribution in [3.05, 3.63) is 24.2 Å². The zero-order chi connectivity index (χ0) is 14.6. The number of piperazine rings is 1. The Kier molecular flexibility index (Phi) is 4.83. The van der Waals surface area contributed by atoms with E-state index in [9.17, 15) is 4.79 Å². The van der Waals surface area contributed by atoms with Gasteiger partial charge in [0.1, 0.15) is 5.76 Å². The SMILES string of the molecule is CCC(N)(CC)C(=O)N1CCN(Cc2ccco2)CC1. The van der Waals surface area contributed by atoms with Gasteiger partial charge < -0.3 is 15.1 Å². The number of nitrogens with two attached hydrogens (primary N) is 1. The molecule has 0 spiro atoms. The zero-order valence-electron chi connectivity index (χ0n) is 12.5. The molecule has 0 unspecified atom stereocenters. The number of hydrogen-bond donors (Lipinski definition) is 1. The van der Waals surface area contributed by atoms with Crippen LogP contribution in [0.4, 0.5) is 0 Å². The molecule has 0 saturated carbocycles. The topological polar surface area (TPSA) is 62.7 Å². The second-order valence-corrected chi connectivity index (χ2v) is 5.51. The van der Waals surface area contributed by atoms with Gasteiger partial charge >= 0.3 is 0 Å². The quantitative estimate of drug-likeness (QED) is 0.886. The standard InChI is InChI=1S/C15H25N3O2/c1-3-15(16,4-2)14(19)18-9-7-17(8-10-18)12-13-6-5-11-20-13/h5-6,11H,3-4,7-10,12,16H2,1-2H3. The van der Waals surface area contributed by atoms with Crippen LogP contribution >= 0.6 is 0 Å². The van der Waals surface area contributed by atoms with E-state index >= 15 is 0 Å². The molecule has 1 aromatic rings. The van der Waals surface area contributed by atoms with Crippen molar-refractivity contribution in [3.8, 4) is 0 Å². The van der Waals surface area contributed by atoms with Crippen molar-refractivity contribution in [1.82, 2.24) is 9.80 Å². The summed E-state index contributed by atoms with van der Waals surface area (Å²) in [5, 5.41) is 0. The summed E-state index contributed by atoms with van der Waals surface area (Å²) in [6.07, 6.45) is 3.07. The summed E-state index contributed by atoms with van der Waals surface area (Å²) in [7, 11) is 0. The molecule has 1 aromatic heterocycles. The minimum atomic E-state index is -0.691. The van der Waals surface area contributed by atoms with Crippen LogP contribution in [0.3, 0.4) is 0 Å². The van der Waals surface area contributed by atoms with E-state index in [0.717, 1.165) is 38.5 Å². The molecule has 1 saturated heterocycles. The molecule has 0 radical (unpaired) electrons. The predicted molar refractivity (Wildman–Crippen MR) is 78.1 cm³/mol. The smallest absolute Gasteiger partial charge is 0.242 e. The number of rotatable bonds is 5. The largest absolute Gasteiger partial charge is 0.468 e. The number of nitrogens with zero attached hydrogens (tertiary/aromatic N) is 2. The molecule has 1 aliphatic rings. The van der Waals surface area contributed by atoms with E-state index in [1.165, 1.54) is 0 Å². The van der Waals surface area contributed by atoms with Crippen LogP contribution in [0.25, 0.3) is 0 Å². The minimum absolute atomic E-state index is 0.0974. The highest BCUT2D eigenvalue weighted by Crippen LogP contribution is 2.17. The highest BCUT2D eigenvalue weighted by molar-refractivity contribution is 5.86.